The molecule has 6 heteroatoms. The van der Waals surface area contributed by atoms with Gasteiger partial charge in [-0.2, -0.15) is 5.10 Å². The van der Waals surface area contributed by atoms with Gasteiger partial charge in [-0.25, -0.2) is 0 Å². The molecule has 1 aliphatic rings. The predicted molar refractivity (Wildman–Crippen MR) is 97.0 cm³/mol. The number of H-pyrrole nitrogens is 1. The topological polar surface area (TPSA) is 57.8 Å². The summed E-state index contributed by atoms with van der Waals surface area (Å²) in [6.07, 6.45) is 3.50. The van der Waals surface area contributed by atoms with Crippen LogP contribution in [0.2, 0.25) is 10.0 Å². The van der Waals surface area contributed by atoms with Crippen molar-refractivity contribution >= 4 is 46.4 Å². The standard InChI is InChI=1S/C18H11Cl2N3O/c19-12-3-1-10(2-4-12)17-11(9-21-23-17)7-15-14-8-13(20)5-6-16(14)22-18(15)24/h1-9H,(H,21,23)(H,22,24)/b15-7-. The number of nitrogens with zero attached hydrogens (tertiary/aromatic N) is 1. The van der Waals surface area contributed by atoms with Crippen molar-refractivity contribution in [2.75, 3.05) is 5.32 Å². The summed E-state index contributed by atoms with van der Waals surface area (Å²) in [5.74, 6) is -0.157. The van der Waals surface area contributed by atoms with Gasteiger partial charge >= 0.3 is 0 Å². The van der Waals surface area contributed by atoms with Gasteiger partial charge in [0.05, 0.1) is 11.9 Å². The summed E-state index contributed by atoms with van der Waals surface area (Å²) in [7, 11) is 0. The largest absolute Gasteiger partial charge is 0.321 e. The number of anilines is 1. The minimum Gasteiger partial charge on any atom is -0.321 e. The van der Waals surface area contributed by atoms with E-state index in [1.165, 1.54) is 0 Å². The number of rotatable bonds is 2. The predicted octanol–water partition coefficient (Wildman–Crippen LogP) is 4.88. The Morgan fingerprint density at radius 2 is 1.75 bits per heavy atom. The molecule has 0 aliphatic carbocycles. The van der Waals surface area contributed by atoms with Gasteiger partial charge in [0.2, 0.25) is 0 Å². The minimum atomic E-state index is -0.157. The summed E-state index contributed by atoms with van der Waals surface area (Å²) < 4.78 is 0. The van der Waals surface area contributed by atoms with Crippen molar-refractivity contribution in [3.63, 3.8) is 0 Å². The van der Waals surface area contributed by atoms with Crippen LogP contribution in [0.15, 0.2) is 48.7 Å². The first-order valence-electron chi connectivity index (χ1n) is 7.24. The number of nitrogens with one attached hydrogen (secondary N) is 2. The maximum absolute atomic E-state index is 12.3. The van der Waals surface area contributed by atoms with Gasteiger partial charge in [0.15, 0.2) is 0 Å². The Morgan fingerprint density at radius 3 is 2.54 bits per heavy atom. The van der Waals surface area contributed by atoms with Crippen molar-refractivity contribution in [3.8, 4) is 11.3 Å². The highest BCUT2D eigenvalue weighted by atomic mass is 35.5. The highest BCUT2D eigenvalue weighted by Crippen LogP contribution is 2.36. The van der Waals surface area contributed by atoms with Crippen LogP contribution in [0.3, 0.4) is 0 Å². The van der Waals surface area contributed by atoms with Crippen LogP contribution in [0.25, 0.3) is 22.9 Å². The Balaban J connectivity index is 1.81. The summed E-state index contributed by atoms with van der Waals surface area (Å²) >= 11 is 12.0. The maximum atomic E-state index is 12.3. The van der Waals surface area contributed by atoms with E-state index in [1.807, 2.05) is 30.3 Å². The molecule has 0 unspecified atom stereocenters. The first-order valence-corrected chi connectivity index (χ1v) is 8.00. The van der Waals surface area contributed by atoms with Crippen LogP contribution in [-0.4, -0.2) is 16.1 Å². The second-order valence-corrected chi connectivity index (χ2v) is 6.28. The van der Waals surface area contributed by atoms with Crippen molar-refractivity contribution in [1.29, 1.82) is 0 Å². The quantitative estimate of drug-likeness (QED) is 0.643. The molecule has 4 rings (SSSR count). The lowest BCUT2D eigenvalue weighted by atomic mass is 10.0. The molecule has 0 radical (unpaired) electrons. The number of aromatic nitrogens is 2. The van der Waals surface area contributed by atoms with E-state index in [0.717, 1.165) is 28.1 Å². The molecule has 0 spiro atoms. The molecule has 0 saturated carbocycles. The monoisotopic (exact) mass is 355 g/mol. The third kappa shape index (κ3) is 2.60. The second kappa shape index (κ2) is 5.82. The highest BCUT2D eigenvalue weighted by molar-refractivity contribution is 6.37. The molecule has 1 aromatic heterocycles. The van der Waals surface area contributed by atoms with Crippen LogP contribution in [0.1, 0.15) is 11.1 Å². The molecule has 118 valence electrons. The summed E-state index contributed by atoms with van der Waals surface area (Å²) in [5.41, 5.74) is 4.68. The molecule has 1 aliphatic heterocycles. The number of hydrogen-bond acceptors (Lipinski definition) is 2. The Kier molecular flexibility index (Phi) is 3.63. The van der Waals surface area contributed by atoms with Gasteiger partial charge in [-0.3, -0.25) is 9.89 Å². The van der Waals surface area contributed by atoms with E-state index in [2.05, 4.69) is 15.5 Å². The molecular formula is C18H11Cl2N3O. The number of amides is 1. The van der Waals surface area contributed by atoms with Crippen LogP contribution in [-0.2, 0) is 4.79 Å². The van der Waals surface area contributed by atoms with E-state index in [1.54, 1.807) is 24.4 Å². The Hall–Kier alpha value is -2.56. The molecule has 2 heterocycles. The van der Waals surface area contributed by atoms with Crippen LogP contribution in [0.4, 0.5) is 5.69 Å². The van der Waals surface area contributed by atoms with E-state index in [4.69, 9.17) is 23.2 Å². The summed E-state index contributed by atoms with van der Waals surface area (Å²) in [5, 5.41) is 11.2. The van der Waals surface area contributed by atoms with Crippen molar-refractivity contribution in [2.24, 2.45) is 0 Å². The molecule has 24 heavy (non-hydrogen) atoms. The summed E-state index contributed by atoms with van der Waals surface area (Å²) in [6.45, 7) is 0. The molecule has 2 N–H and O–H groups in total. The van der Waals surface area contributed by atoms with Gasteiger partial charge in [-0.1, -0.05) is 35.3 Å². The number of hydrogen-bond donors (Lipinski definition) is 2. The van der Waals surface area contributed by atoms with Crippen molar-refractivity contribution < 1.29 is 4.79 Å². The third-order valence-corrected chi connectivity index (χ3v) is 4.35. The Bertz CT molecular complexity index is 974. The average Bonchev–Trinajstić information content (AvgIpc) is 3.14. The van der Waals surface area contributed by atoms with Crippen LogP contribution >= 0.6 is 23.2 Å². The van der Waals surface area contributed by atoms with Gasteiger partial charge < -0.3 is 5.32 Å². The first kappa shape index (κ1) is 15.0. The third-order valence-electron chi connectivity index (χ3n) is 3.87. The number of fused-ring (bicyclic) bond motifs is 1. The number of aromatic amines is 1. The minimum absolute atomic E-state index is 0.157. The fourth-order valence-corrected chi connectivity index (χ4v) is 3.01. The number of halogens is 2. The highest BCUT2D eigenvalue weighted by Gasteiger charge is 2.24. The van der Waals surface area contributed by atoms with E-state index in [-0.39, 0.29) is 5.91 Å². The zero-order chi connectivity index (χ0) is 16.7. The Labute approximate surface area is 148 Å². The van der Waals surface area contributed by atoms with E-state index >= 15 is 0 Å². The van der Waals surface area contributed by atoms with Crippen molar-refractivity contribution in [1.82, 2.24) is 10.2 Å². The van der Waals surface area contributed by atoms with Crippen LogP contribution in [0.5, 0.6) is 0 Å². The van der Waals surface area contributed by atoms with E-state index in [0.29, 0.717) is 15.6 Å². The fraction of sp³-hybridized carbons (Fsp3) is 0. The van der Waals surface area contributed by atoms with E-state index < -0.39 is 0 Å². The van der Waals surface area contributed by atoms with Crippen molar-refractivity contribution in [2.45, 2.75) is 0 Å². The molecule has 0 fully saturated rings. The number of carbonyl (C=O) groups excluding carboxylic acids is 1. The normalized spacial score (nSPS) is 14.8. The summed E-state index contributed by atoms with van der Waals surface area (Å²) in [4.78, 5) is 12.3. The van der Waals surface area contributed by atoms with E-state index in [9.17, 15) is 4.79 Å². The molecule has 0 saturated heterocycles. The molecule has 0 atom stereocenters. The van der Waals surface area contributed by atoms with Crippen molar-refractivity contribution in [3.05, 3.63) is 69.8 Å². The van der Waals surface area contributed by atoms with Crippen LogP contribution < -0.4 is 5.32 Å². The van der Waals surface area contributed by atoms with Gasteiger partial charge in [0, 0.05) is 38.0 Å². The van der Waals surface area contributed by atoms with Gasteiger partial charge in [0.1, 0.15) is 0 Å². The average molecular weight is 356 g/mol. The number of carbonyl (C=O) groups is 1. The van der Waals surface area contributed by atoms with Gasteiger partial charge in [-0.15, -0.1) is 0 Å². The molecule has 2 aromatic carbocycles. The lowest BCUT2D eigenvalue weighted by Crippen LogP contribution is -2.03. The van der Waals surface area contributed by atoms with Gasteiger partial charge in [-0.05, 0) is 36.4 Å². The number of benzene rings is 2. The van der Waals surface area contributed by atoms with Gasteiger partial charge in [0.25, 0.3) is 5.91 Å². The van der Waals surface area contributed by atoms with Crippen LogP contribution in [0, 0.1) is 0 Å². The lowest BCUT2D eigenvalue weighted by molar-refractivity contribution is -0.110. The second-order valence-electron chi connectivity index (χ2n) is 5.41. The first-order chi connectivity index (χ1) is 11.6. The Morgan fingerprint density at radius 1 is 1.00 bits per heavy atom. The zero-order valence-electron chi connectivity index (χ0n) is 12.3. The zero-order valence-corrected chi connectivity index (χ0v) is 13.8. The smallest absolute Gasteiger partial charge is 0.256 e. The maximum Gasteiger partial charge on any atom is 0.256 e. The lowest BCUT2D eigenvalue weighted by Gasteiger charge is -2.02. The summed E-state index contributed by atoms with van der Waals surface area (Å²) in [6, 6.07) is 12.8. The molecule has 0 bridgehead atoms. The SMILES string of the molecule is O=C1Nc2ccc(Cl)cc2/C1=C/c1cn[nH]c1-c1ccc(Cl)cc1. The molecule has 3 aromatic rings. The molecular weight excluding hydrogens is 345 g/mol. The molecule has 4 nitrogen and oxygen atoms in total. The fourth-order valence-electron chi connectivity index (χ4n) is 2.71. The molecule has 1 amide bonds.